The van der Waals surface area contributed by atoms with Crippen LogP contribution in [0.4, 0.5) is 0 Å². The topological polar surface area (TPSA) is 96.0 Å². The van der Waals surface area contributed by atoms with E-state index in [0.717, 1.165) is 56.8 Å². The lowest BCUT2D eigenvalue weighted by atomic mass is 9.78. The van der Waals surface area contributed by atoms with Crippen LogP contribution < -0.4 is 5.32 Å². The van der Waals surface area contributed by atoms with E-state index in [2.05, 4.69) is 30.2 Å². The summed E-state index contributed by atoms with van der Waals surface area (Å²) in [6, 6.07) is -0.0266. The number of H-pyrrole nitrogens is 1. The third-order valence-electron chi connectivity index (χ3n) is 5.51. The number of aromatic nitrogens is 4. The predicted molar refractivity (Wildman–Crippen MR) is 99.0 cm³/mol. The molecule has 1 aliphatic heterocycles. The zero-order valence-corrected chi connectivity index (χ0v) is 15.6. The number of morpholine rings is 1. The van der Waals surface area contributed by atoms with Gasteiger partial charge in [-0.2, -0.15) is 0 Å². The smallest absolute Gasteiger partial charge is 0.271 e. The summed E-state index contributed by atoms with van der Waals surface area (Å²) in [4.78, 5) is 30.9. The normalized spacial score (nSPS) is 26.2. The Morgan fingerprint density at radius 1 is 1.37 bits per heavy atom. The second kappa shape index (κ2) is 7.74. The van der Waals surface area contributed by atoms with Crippen LogP contribution in [0.3, 0.4) is 0 Å². The highest BCUT2D eigenvalue weighted by Gasteiger charge is 2.46. The Kier molecular flexibility index (Phi) is 5.18. The van der Waals surface area contributed by atoms with Gasteiger partial charge in [-0.25, -0.2) is 9.97 Å². The number of nitrogens with one attached hydrogen (secondary N) is 2. The third kappa shape index (κ3) is 4.01. The van der Waals surface area contributed by atoms with E-state index < -0.39 is 0 Å². The lowest BCUT2D eigenvalue weighted by molar-refractivity contribution is -0.143. The molecule has 8 heteroatoms. The van der Waals surface area contributed by atoms with Crippen molar-refractivity contribution in [1.29, 1.82) is 0 Å². The molecule has 2 aromatic rings. The summed E-state index contributed by atoms with van der Waals surface area (Å²) < 4.78 is 6.30. The van der Waals surface area contributed by atoms with E-state index in [9.17, 15) is 4.79 Å². The number of rotatable bonds is 4. The molecule has 8 nitrogen and oxygen atoms in total. The first kappa shape index (κ1) is 18.1. The Labute approximate surface area is 158 Å². The quantitative estimate of drug-likeness (QED) is 0.846. The summed E-state index contributed by atoms with van der Waals surface area (Å²) in [5.74, 6) is 0.777. The van der Waals surface area contributed by atoms with E-state index in [-0.39, 0.29) is 17.6 Å². The number of amides is 1. The average molecular weight is 370 g/mol. The number of carbonyl (C=O) groups excluding carboxylic acids is 1. The highest BCUT2D eigenvalue weighted by molar-refractivity contribution is 5.92. The van der Waals surface area contributed by atoms with Crippen LogP contribution in [0.1, 0.15) is 47.7 Å². The summed E-state index contributed by atoms with van der Waals surface area (Å²) in [5.41, 5.74) is 0.797. The van der Waals surface area contributed by atoms with Crippen molar-refractivity contribution >= 4 is 5.91 Å². The van der Waals surface area contributed by atoms with E-state index in [1.807, 2.05) is 13.1 Å². The summed E-state index contributed by atoms with van der Waals surface area (Å²) >= 11 is 0. The van der Waals surface area contributed by atoms with Crippen LogP contribution in [-0.2, 0) is 11.3 Å². The molecular weight excluding hydrogens is 344 g/mol. The van der Waals surface area contributed by atoms with Crippen molar-refractivity contribution in [2.45, 2.75) is 50.8 Å². The molecule has 0 bridgehead atoms. The molecule has 2 aliphatic rings. The van der Waals surface area contributed by atoms with Gasteiger partial charge in [0.15, 0.2) is 0 Å². The van der Waals surface area contributed by atoms with Crippen molar-refractivity contribution in [3.63, 3.8) is 0 Å². The van der Waals surface area contributed by atoms with Gasteiger partial charge in [-0.3, -0.25) is 14.7 Å². The Hall–Kier alpha value is -2.32. The van der Waals surface area contributed by atoms with Crippen molar-refractivity contribution in [3.8, 4) is 0 Å². The van der Waals surface area contributed by atoms with E-state index in [4.69, 9.17) is 4.74 Å². The van der Waals surface area contributed by atoms with Crippen molar-refractivity contribution in [3.05, 3.63) is 42.0 Å². The molecule has 1 saturated carbocycles. The highest BCUT2D eigenvalue weighted by Crippen LogP contribution is 2.35. The molecule has 1 amide bonds. The SMILES string of the molecule is Cc1cnc(C(=O)N[C@@H]2CCCC[C@]23CN(Cc2ncc[nH]2)CCO3)cn1. The van der Waals surface area contributed by atoms with Gasteiger partial charge in [-0.1, -0.05) is 12.8 Å². The van der Waals surface area contributed by atoms with E-state index in [1.165, 1.54) is 6.20 Å². The molecule has 4 rings (SSSR count). The standard InChI is InChI=1S/C19H26N6O2/c1-14-10-23-15(11-22-14)18(26)24-16-4-2-3-5-19(16)13-25(8-9-27-19)12-17-20-6-7-21-17/h6-7,10-11,16H,2-5,8-9,12-13H2,1H3,(H,20,21)(H,24,26)/t16-,19+/m1/s1. The minimum absolute atomic E-state index is 0.0266. The largest absolute Gasteiger partial charge is 0.370 e. The average Bonchev–Trinajstić information content (AvgIpc) is 3.17. The molecule has 0 radical (unpaired) electrons. The molecule has 0 unspecified atom stereocenters. The van der Waals surface area contributed by atoms with Crippen LogP contribution in [-0.4, -0.2) is 62.1 Å². The lowest BCUT2D eigenvalue weighted by Crippen LogP contribution is -2.64. The van der Waals surface area contributed by atoms with Crippen LogP contribution >= 0.6 is 0 Å². The zero-order chi connectivity index (χ0) is 18.7. The molecule has 2 fully saturated rings. The van der Waals surface area contributed by atoms with Gasteiger partial charge in [0.1, 0.15) is 17.1 Å². The van der Waals surface area contributed by atoms with Crippen molar-refractivity contribution in [2.75, 3.05) is 19.7 Å². The first-order valence-electron chi connectivity index (χ1n) is 9.59. The van der Waals surface area contributed by atoms with Crippen LogP contribution in [0, 0.1) is 6.92 Å². The monoisotopic (exact) mass is 370 g/mol. The van der Waals surface area contributed by atoms with E-state index >= 15 is 0 Å². The molecule has 2 aromatic heterocycles. The van der Waals surface area contributed by atoms with Crippen LogP contribution in [0.5, 0.6) is 0 Å². The number of ether oxygens (including phenoxy) is 1. The number of hydrogen-bond donors (Lipinski definition) is 2. The van der Waals surface area contributed by atoms with Gasteiger partial charge in [0.2, 0.25) is 0 Å². The van der Waals surface area contributed by atoms with Gasteiger partial charge in [0.25, 0.3) is 5.91 Å². The molecule has 2 atom stereocenters. The summed E-state index contributed by atoms with van der Waals surface area (Å²) in [6.45, 7) is 4.94. The van der Waals surface area contributed by atoms with Crippen molar-refractivity contribution in [2.24, 2.45) is 0 Å². The number of hydrogen-bond acceptors (Lipinski definition) is 6. The minimum Gasteiger partial charge on any atom is -0.370 e. The van der Waals surface area contributed by atoms with Crippen LogP contribution in [0.15, 0.2) is 24.8 Å². The number of aryl methyl sites for hydroxylation is 1. The molecule has 1 saturated heterocycles. The fraction of sp³-hybridized carbons (Fsp3) is 0.579. The Bertz CT molecular complexity index is 759. The maximum Gasteiger partial charge on any atom is 0.271 e. The van der Waals surface area contributed by atoms with Crippen LogP contribution in [0.2, 0.25) is 0 Å². The summed E-state index contributed by atoms with van der Waals surface area (Å²) in [7, 11) is 0. The predicted octanol–water partition coefficient (Wildman–Crippen LogP) is 1.45. The second-order valence-electron chi connectivity index (χ2n) is 7.47. The molecule has 3 heterocycles. The Balaban J connectivity index is 1.47. The molecule has 1 spiro atoms. The highest BCUT2D eigenvalue weighted by atomic mass is 16.5. The van der Waals surface area contributed by atoms with E-state index in [0.29, 0.717) is 12.3 Å². The number of aromatic amines is 1. The lowest BCUT2D eigenvalue weighted by Gasteiger charge is -2.49. The zero-order valence-electron chi connectivity index (χ0n) is 15.6. The first-order valence-corrected chi connectivity index (χ1v) is 9.59. The third-order valence-corrected chi connectivity index (χ3v) is 5.51. The molecule has 2 N–H and O–H groups in total. The summed E-state index contributed by atoms with van der Waals surface area (Å²) in [5, 5.41) is 3.18. The number of imidazole rings is 1. The molecule has 1 aliphatic carbocycles. The first-order chi connectivity index (χ1) is 13.1. The molecule has 27 heavy (non-hydrogen) atoms. The second-order valence-corrected chi connectivity index (χ2v) is 7.47. The van der Waals surface area contributed by atoms with Gasteiger partial charge in [-0.05, 0) is 19.8 Å². The van der Waals surface area contributed by atoms with E-state index in [1.54, 1.807) is 12.4 Å². The van der Waals surface area contributed by atoms with Crippen molar-refractivity contribution < 1.29 is 9.53 Å². The van der Waals surface area contributed by atoms with Crippen molar-refractivity contribution in [1.82, 2.24) is 30.2 Å². The van der Waals surface area contributed by atoms with Crippen LogP contribution in [0.25, 0.3) is 0 Å². The fourth-order valence-corrected chi connectivity index (χ4v) is 4.13. The van der Waals surface area contributed by atoms with Gasteiger partial charge in [-0.15, -0.1) is 0 Å². The van der Waals surface area contributed by atoms with Gasteiger partial charge in [0.05, 0.1) is 31.1 Å². The minimum atomic E-state index is -0.350. The maximum atomic E-state index is 12.7. The van der Waals surface area contributed by atoms with Gasteiger partial charge >= 0.3 is 0 Å². The fourth-order valence-electron chi connectivity index (χ4n) is 4.13. The molecule has 0 aromatic carbocycles. The number of nitrogens with zero attached hydrogens (tertiary/aromatic N) is 4. The van der Waals surface area contributed by atoms with Gasteiger partial charge in [0, 0.05) is 31.7 Å². The molecule has 144 valence electrons. The summed E-state index contributed by atoms with van der Waals surface area (Å²) in [6.07, 6.45) is 10.8. The van der Waals surface area contributed by atoms with Gasteiger partial charge < -0.3 is 15.0 Å². The molecular formula is C19H26N6O2. The Morgan fingerprint density at radius 2 is 2.30 bits per heavy atom. The Morgan fingerprint density at radius 3 is 3.07 bits per heavy atom. The maximum absolute atomic E-state index is 12.7. The number of carbonyl (C=O) groups is 1.